The molecular weight excluding hydrogens is 260 g/mol. The number of hydrogen-bond acceptors (Lipinski definition) is 3. The average molecular weight is 284 g/mol. The van der Waals surface area contributed by atoms with Gasteiger partial charge in [0.1, 0.15) is 5.75 Å². The van der Waals surface area contributed by atoms with Gasteiger partial charge in [0, 0.05) is 18.3 Å². The summed E-state index contributed by atoms with van der Waals surface area (Å²) in [6.07, 6.45) is 0.927. The van der Waals surface area contributed by atoms with Crippen molar-refractivity contribution in [2.24, 2.45) is 0 Å². The van der Waals surface area contributed by atoms with E-state index in [2.05, 4.69) is 55.5 Å². The first kappa shape index (κ1) is 15.4. The van der Waals surface area contributed by atoms with Crippen LogP contribution in [0.15, 0.2) is 48.5 Å². The first-order valence-electron chi connectivity index (χ1n) is 7.31. The summed E-state index contributed by atoms with van der Waals surface area (Å²) in [6, 6.07) is 16.2. The van der Waals surface area contributed by atoms with Crippen molar-refractivity contribution in [2.75, 3.05) is 19.4 Å². The van der Waals surface area contributed by atoms with Crippen molar-refractivity contribution in [2.45, 2.75) is 25.9 Å². The molecule has 1 unspecified atom stereocenters. The van der Waals surface area contributed by atoms with Gasteiger partial charge in [-0.2, -0.15) is 0 Å². The fourth-order valence-corrected chi connectivity index (χ4v) is 2.44. The highest BCUT2D eigenvalue weighted by molar-refractivity contribution is 5.51. The van der Waals surface area contributed by atoms with Gasteiger partial charge < -0.3 is 15.3 Å². The maximum absolute atomic E-state index is 9.33. The Morgan fingerprint density at radius 1 is 1.05 bits per heavy atom. The Morgan fingerprint density at radius 3 is 2.38 bits per heavy atom. The van der Waals surface area contributed by atoms with Crippen molar-refractivity contribution in [1.29, 1.82) is 0 Å². The standard InChI is InChI=1S/C18H24N2O/c1-14(12-15-8-10-17(21)11-9-15)19-18-7-5-4-6-16(18)13-20(2)3/h4-11,14,19,21H,12-13H2,1-3H3. The van der Waals surface area contributed by atoms with Gasteiger partial charge in [-0.3, -0.25) is 0 Å². The maximum atomic E-state index is 9.33. The second-order valence-electron chi connectivity index (χ2n) is 5.81. The second kappa shape index (κ2) is 7.14. The maximum Gasteiger partial charge on any atom is 0.115 e. The molecule has 0 heterocycles. The third kappa shape index (κ3) is 4.80. The summed E-state index contributed by atoms with van der Waals surface area (Å²) in [5.41, 5.74) is 3.72. The smallest absolute Gasteiger partial charge is 0.115 e. The highest BCUT2D eigenvalue weighted by Gasteiger charge is 2.07. The average Bonchev–Trinajstić information content (AvgIpc) is 2.43. The van der Waals surface area contributed by atoms with Crippen LogP contribution in [0.3, 0.4) is 0 Å². The molecule has 0 spiro atoms. The van der Waals surface area contributed by atoms with Gasteiger partial charge in [0.25, 0.3) is 0 Å². The Hall–Kier alpha value is -2.00. The normalized spacial score (nSPS) is 12.4. The van der Waals surface area contributed by atoms with E-state index in [-0.39, 0.29) is 0 Å². The summed E-state index contributed by atoms with van der Waals surface area (Å²) in [5.74, 6) is 0.315. The van der Waals surface area contributed by atoms with E-state index in [9.17, 15) is 5.11 Å². The number of anilines is 1. The number of phenols is 1. The molecule has 2 aromatic rings. The monoisotopic (exact) mass is 284 g/mol. The molecule has 3 nitrogen and oxygen atoms in total. The molecule has 0 aliphatic carbocycles. The topological polar surface area (TPSA) is 35.5 Å². The van der Waals surface area contributed by atoms with Crippen LogP contribution in [-0.2, 0) is 13.0 Å². The Labute approximate surface area is 127 Å². The summed E-state index contributed by atoms with van der Waals surface area (Å²) >= 11 is 0. The SMILES string of the molecule is CC(Cc1ccc(O)cc1)Nc1ccccc1CN(C)C. The molecule has 0 saturated heterocycles. The van der Waals surface area contributed by atoms with E-state index in [1.807, 2.05) is 12.1 Å². The van der Waals surface area contributed by atoms with E-state index < -0.39 is 0 Å². The second-order valence-corrected chi connectivity index (χ2v) is 5.81. The lowest BCUT2D eigenvalue weighted by atomic mass is 10.1. The fraction of sp³-hybridized carbons (Fsp3) is 0.333. The first-order chi connectivity index (χ1) is 10.0. The molecule has 0 radical (unpaired) electrons. The number of hydrogen-bond donors (Lipinski definition) is 2. The molecule has 112 valence electrons. The molecule has 21 heavy (non-hydrogen) atoms. The first-order valence-corrected chi connectivity index (χ1v) is 7.31. The van der Waals surface area contributed by atoms with Crippen molar-refractivity contribution < 1.29 is 5.11 Å². The molecule has 0 aromatic heterocycles. The van der Waals surface area contributed by atoms with E-state index in [0.717, 1.165) is 13.0 Å². The highest BCUT2D eigenvalue weighted by atomic mass is 16.3. The number of para-hydroxylation sites is 1. The molecule has 3 heteroatoms. The molecule has 0 amide bonds. The minimum atomic E-state index is 0.315. The zero-order chi connectivity index (χ0) is 15.2. The lowest BCUT2D eigenvalue weighted by molar-refractivity contribution is 0.403. The largest absolute Gasteiger partial charge is 0.508 e. The molecular formula is C18H24N2O. The summed E-state index contributed by atoms with van der Waals surface area (Å²) in [6.45, 7) is 3.11. The van der Waals surface area contributed by atoms with Crippen molar-refractivity contribution in [3.63, 3.8) is 0 Å². The number of nitrogens with one attached hydrogen (secondary N) is 1. The number of aromatic hydroxyl groups is 1. The van der Waals surface area contributed by atoms with Crippen LogP contribution >= 0.6 is 0 Å². The van der Waals surface area contributed by atoms with Gasteiger partial charge in [-0.1, -0.05) is 30.3 Å². The minimum Gasteiger partial charge on any atom is -0.508 e. The van der Waals surface area contributed by atoms with Gasteiger partial charge >= 0.3 is 0 Å². The Morgan fingerprint density at radius 2 is 1.71 bits per heavy atom. The molecule has 0 saturated carbocycles. The minimum absolute atomic E-state index is 0.315. The van der Waals surface area contributed by atoms with Crippen LogP contribution < -0.4 is 5.32 Å². The van der Waals surface area contributed by atoms with E-state index in [1.54, 1.807) is 12.1 Å². The van der Waals surface area contributed by atoms with Crippen LogP contribution in [0.1, 0.15) is 18.1 Å². The van der Waals surface area contributed by atoms with Gasteiger partial charge in [0.15, 0.2) is 0 Å². The van der Waals surface area contributed by atoms with E-state index >= 15 is 0 Å². The van der Waals surface area contributed by atoms with Gasteiger partial charge in [0.05, 0.1) is 0 Å². The molecule has 0 aliphatic rings. The van der Waals surface area contributed by atoms with Crippen molar-refractivity contribution in [1.82, 2.24) is 4.90 Å². The molecule has 2 aromatic carbocycles. The third-order valence-electron chi connectivity index (χ3n) is 3.38. The number of nitrogens with zero attached hydrogens (tertiary/aromatic N) is 1. The summed E-state index contributed by atoms with van der Waals surface area (Å²) in [5, 5.41) is 12.9. The van der Waals surface area contributed by atoms with E-state index in [0.29, 0.717) is 11.8 Å². The molecule has 0 bridgehead atoms. The molecule has 0 aliphatic heterocycles. The van der Waals surface area contributed by atoms with Crippen LogP contribution in [0.5, 0.6) is 5.75 Å². The predicted octanol–water partition coefficient (Wildman–Crippen LogP) is 3.50. The zero-order valence-electron chi connectivity index (χ0n) is 13.0. The van der Waals surface area contributed by atoms with E-state index in [1.165, 1.54) is 16.8 Å². The zero-order valence-corrected chi connectivity index (χ0v) is 13.0. The summed E-state index contributed by atoms with van der Waals surface area (Å²) in [7, 11) is 4.16. The van der Waals surface area contributed by atoms with Crippen molar-refractivity contribution in [3.05, 3.63) is 59.7 Å². The van der Waals surface area contributed by atoms with Crippen LogP contribution in [0, 0.1) is 0 Å². The van der Waals surface area contributed by atoms with Crippen LogP contribution in [0.4, 0.5) is 5.69 Å². The van der Waals surface area contributed by atoms with Gasteiger partial charge in [-0.15, -0.1) is 0 Å². The molecule has 2 rings (SSSR count). The predicted molar refractivity (Wildman–Crippen MR) is 88.7 cm³/mol. The lowest BCUT2D eigenvalue weighted by Gasteiger charge is -2.20. The van der Waals surface area contributed by atoms with Crippen molar-refractivity contribution in [3.8, 4) is 5.75 Å². The van der Waals surface area contributed by atoms with Crippen LogP contribution in [0.25, 0.3) is 0 Å². The highest BCUT2D eigenvalue weighted by Crippen LogP contribution is 2.19. The number of phenolic OH excluding ortho intramolecular Hbond substituents is 1. The van der Waals surface area contributed by atoms with Crippen LogP contribution in [0.2, 0.25) is 0 Å². The summed E-state index contributed by atoms with van der Waals surface area (Å²) in [4.78, 5) is 2.17. The third-order valence-corrected chi connectivity index (χ3v) is 3.38. The molecule has 0 fully saturated rings. The van der Waals surface area contributed by atoms with Gasteiger partial charge in [-0.25, -0.2) is 0 Å². The molecule has 2 N–H and O–H groups in total. The van der Waals surface area contributed by atoms with Gasteiger partial charge in [-0.05, 0) is 56.8 Å². The van der Waals surface area contributed by atoms with Crippen molar-refractivity contribution >= 4 is 5.69 Å². The number of rotatable bonds is 6. The van der Waals surface area contributed by atoms with Crippen LogP contribution in [-0.4, -0.2) is 30.1 Å². The fourth-order valence-electron chi connectivity index (χ4n) is 2.44. The van der Waals surface area contributed by atoms with Gasteiger partial charge in [0.2, 0.25) is 0 Å². The van der Waals surface area contributed by atoms with E-state index in [4.69, 9.17) is 0 Å². The quantitative estimate of drug-likeness (QED) is 0.852. The Kier molecular flexibility index (Phi) is 5.23. The Balaban J connectivity index is 2.02. The molecule has 1 atom stereocenters. The Bertz CT molecular complexity index is 564. The number of benzene rings is 2. The lowest BCUT2D eigenvalue weighted by Crippen LogP contribution is -2.20. The summed E-state index contributed by atoms with van der Waals surface area (Å²) < 4.78 is 0.